The van der Waals surface area contributed by atoms with Crippen molar-refractivity contribution in [3.63, 3.8) is 0 Å². The van der Waals surface area contributed by atoms with E-state index < -0.39 is 5.60 Å². The number of benzene rings is 1. The molecule has 1 atom stereocenters. The summed E-state index contributed by atoms with van der Waals surface area (Å²) in [5, 5.41) is 17.3. The fourth-order valence-electron chi connectivity index (χ4n) is 4.00. The van der Waals surface area contributed by atoms with E-state index in [4.69, 9.17) is 9.73 Å². The maximum absolute atomic E-state index is 11.9. The summed E-state index contributed by atoms with van der Waals surface area (Å²) in [7, 11) is 0. The van der Waals surface area contributed by atoms with Gasteiger partial charge in [-0.05, 0) is 31.4 Å². The summed E-state index contributed by atoms with van der Waals surface area (Å²) in [5.74, 6) is 0.927. The molecule has 1 unspecified atom stereocenters. The van der Waals surface area contributed by atoms with Gasteiger partial charge in [-0.2, -0.15) is 0 Å². The van der Waals surface area contributed by atoms with Crippen molar-refractivity contribution in [3.05, 3.63) is 35.4 Å². The molecule has 0 aromatic heterocycles. The number of nitrogens with one attached hydrogen (secondary N) is 2. The first kappa shape index (κ1) is 23.5. The van der Waals surface area contributed by atoms with Crippen LogP contribution in [0.2, 0.25) is 0 Å². The Morgan fingerprint density at radius 3 is 2.71 bits per heavy atom. The summed E-state index contributed by atoms with van der Waals surface area (Å²) in [6, 6.07) is 8.25. The third kappa shape index (κ3) is 7.79. The van der Waals surface area contributed by atoms with Crippen LogP contribution in [-0.2, 0) is 22.6 Å². The van der Waals surface area contributed by atoms with Crippen molar-refractivity contribution in [2.24, 2.45) is 4.99 Å². The quantitative estimate of drug-likeness (QED) is 0.399. The summed E-state index contributed by atoms with van der Waals surface area (Å²) in [4.78, 5) is 20.7. The lowest BCUT2D eigenvalue weighted by Gasteiger charge is -2.34. The van der Waals surface area contributed by atoms with Gasteiger partial charge in [-0.25, -0.2) is 4.99 Å². The number of rotatable bonds is 9. The fourth-order valence-corrected chi connectivity index (χ4v) is 4.00. The largest absolute Gasteiger partial charge is 0.387 e. The standard InChI is InChI=1S/C23H37N5O3/c1-3-24-22(26-17-23(2,30)18-27-10-12-31-13-11-27)25-15-19-6-4-7-20(14-19)16-28-9-5-8-21(28)29/h4,6-7,14,30H,3,5,8-13,15-18H2,1-2H3,(H2,24,25,26). The summed E-state index contributed by atoms with van der Waals surface area (Å²) in [6.45, 7) is 10.8. The van der Waals surface area contributed by atoms with Gasteiger partial charge in [-0.3, -0.25) is 9.69 Å². The fraction of sp³-hybridized carbons (Fsp3) is 0.652. The molecule has 0 bridgehead atoms. The molecule has 2 aliphatic heterocycles. The lowest BCUT2D eigenvalue weighted by atomic mass is 10.1. The average Bonchev–Trinajstić information content (AvgIpc) is 3.15. The average molecular weight is 432 g/mol. The van der Waals surface area contributed by atoms with Crippen LogP contribution >= 0.6 is 0 Å². The molecule has 8 heteroatoms. The van der Waals surface area contributed by atoms with E-state index >= 15 is 0 Å². The van der Waals surface area contributed by atoms with Crippen molar-refractivity contribution in [3.8, 4) is 0 Å². The number of carbonyl (C=O) groups excluding carboxylic acids is 1. The van der Waals surface area contributed by atoms with Crippen LogP contribution in [0.1, 0.15) is 37.8 Å². The van der Waals surface area contributed by atoms with Gasteiger partial charge in [-0.15, -0.1) is 0 Å². The molecule has 0 spiro atoms. The van der Waals surface area contributed by atoms with Crippen molar-refractivity contribution in [2.45, 2.75) is 45.4 Å². The molecule has 172 valence electrons. The van der Waals surface area contributed by atoms with E-state index in [2.05, 4.69) is 33.7 Å². The van der Waals surface area contributed by atoms with Crippen LogP contribution in [0, 0.1) is 0 Å². The second-order valence-corrected chi connectivity index (χ2v) is 8.67. The predicted molar refractivity (Wildman–Crippen MR) is 122 cm³/mol. The van der Waals surface area contributed by atoms with Crippen molar-refractivity contribution in [1.82, 2.24) is 20.4 Å². The third-order valence-corrected chi connectivity index (χ3v) is 5.60. The van der Waals surface area contributed by atoms with Crippen LogP contribution in [0.4, 0.5) is 0 Å². The van der Waals surface area contributed by atoms with E-state index in [-0.39, 0.29) is 5.91 Å². The molecule has 0 radical (unpaired) electrons. The molecule has 3 N–H and O–H groups in total. The Morgan fingerprint density at radius 1 is 1.23 bits per heavy atom. The Morgan fingerprint density at radius 2 is 2.00 bits per heavy atom. The highest BCUT2D eigenvalue weighted by Gasteiger charge is 2.25. The van der Waals surface area contributed by atoms with Gasteiger partial charge in [0.15, 0.2) is 5.96 Å². The Kier molecular flexibility index (Phi) is 8.69. The molecular formula is C23H37N5O3. The van der Waals surface area contributed by atoms with E-state index in [1.54, 1.807) is 0 Å². The van der Waals surface area contributed by atoms with Crippen LogP contribution in [-0.4, -0.2) is 84.9 Å². The Balaban J connectivity index is 1.53. The zero-order valence-corrected chi connectivity index (χ0v) is 18.9. The number of amides is 1. The van der Waals surface area contributed by atoms with Gasteiger partial charge in [0.2, 0.25) is 5.91 Å². The number of aliphatic hydroxyl groups is 1. The number of hydrogen-bond acceptors (Lipinski definition) is 5. The maximum Gasteiger partial charge on any atom is 0.222 e. The molecule has 2 fully saturated rings. The minimum atomic E-state index is -0.865. The molecule has 2 saturated heterocycles. The van der Waals surface area contributed by atoms with Gasteiger partial charge >= 0.3 is 0 Å². The van der Waals surface area contributed by atoms with Crippen molar-refractivity contribution < 1.29 is 14.6 Å². The highest BCUT2D eigenvalue weighted by atomic mass is 16.5. The first-order chi connectivity index (χ1) is 14.9. The zero-order chi connectivity index (χ0) is 22.1. The normalized spacial score (nSPS) is 20.0. The van der Waals surface area contributed by atoms with E-state index in [1.165, 1.54) is 0 Å². The summed E-state index contributed by atoms with van der Waals surface area (Å²) in [6.07, 6.45) is 1.62. The molecule has 1 amide bonds. The van der Waals surface area contributed by atoms with Crippen LogP contribution < -0.4 is 10.6 Å². The monoisotopic (exact) mass is 431 g/mol. The molecule has 31 heavy (non-hydrogen) atoms. The molecule has 8 nitrogen and oxygen atoms in total. The summed E-state index contributed by atoms with van der Waals surface area (Å²) < 4.78 is 5.38. The number of likely N-dealkylation sites (tertiary alicyclic amines) is 1. The number of guanidine groups is 1. The molecule has 2 aliphatic rings. The molecule has 0 saturated carbocycles. The molecular weight excluding hydrogens is 394 g/mol. The second kappa shape index (κ2) is 11.5. The topological polar surface area (TPSA) is 89.4 Å². The lowest BCUT2D eigenvalue weighted by molar-refractivity contribution is -0.128. The third-order valence-electron chi connectivity index (χ3n) is 5.60. The number of ether oxygens (including phenoxy) is 1. The first-order valence-electron chi connectivity index (χ1n) is 11.4. The molecule has 3 rings (SSSR count). The van der Waals surface area contributed by atoms with Crippen molar-refractivity contribution >= 4 is 11.9 Å². The molecule has 1 aromatic rings. The van der Waals surface area contributed by atoms with Crippen LogP contribution in [0.25, 0.3) is 0 Å². The maximum atomic E-state index is 11.9. The number of morpholine rings is 1. The van der Waals surface area contributed by atoms with Crippen LogP contribution in [0.15, 0.2) is 29.3 Å². The number of β-amino-alcohol motifs (C(OH)–C–C–N with tert-alkyl or cyclic N) is 1. The summed E-state index contributed by atoms with van der Waals surface area (Å²) in [5.41, 5.74) is 1.37. The highest BCUT2D eigenvalue weighted by molar-refractivity contribution is 5.80. The second-order valence-electron chi connectivity index (χ2n) is 8.67. The van der Waals surface area contributed by atoms with E-state index in [1.807, 2.05) is 24.8 Å². The number of carbonyl (C=O) groups is 1. The number of aliphatic imine (C=N–C) groups is 1. The van der Waals surface area contributed by atoms with Crippen molar-refractivity contribution in [2.75, 3.05) is 52.5 Å². The van der Waals surface area contributed by atoms with E-state index in [0.29, 0.717) is 38.6 Å². The van der Waals surface area contributed by atoms with Gasteiger partial charge in [0, 0.05) is 52.2 Å². The number of hydrogen-bond donors (Lipinski definition) is 3. The highest BCUT2D eigenvalue weighted by Crippen LogP contribution is 2.15. The first-order valence-corrected chi connectivity index (χ1v) is 11.4. The number of nitrogens with zero attached hydrogens (tertiary/aromatic N) is 3. The van der Waals surface area contributed by atoms with E-state index in [9.17, 15) is 9.90 Å². The minimum Gasteiger partial charge on any atom is -0.387 e. The van der Waals surface area contributed by atoms with Gasteiger partial charge in [0.25, 0.3) is 0 Å². The van der Waals surface area contributed by atoms with Gasteiger partial charge in [-0.1, -0.05) is 24.3 Å². The lowest BCUT2D eigenvalue weighted by Crippen LogP contribution is -2.52. The smallest absolute Gasteiger partial charge is 0.222 e. The van der Waals surface area contributed by atoms with Gasteiger partial charge in [0.1, 0.15) is 0 Å². The SMILES string of the molecule is CCNC(=NCc1cccc(CN2CCCC2=O)c1)NCC(C)(O)CN1CCOCC1. The van der Waals surface area contributed by atoms with Crippen LogP contribution in [0.3, 0.4) is 0 Å². The van der Waals surface area contributed by atoms with Crippen molar-refractivity contribution in [1.29, 1.82) is 0 Å². The zero-order valence-electron chi connectivity index (χ0n) is 18.9. The minimum absolute atomic E-state index is 0.242. The molecule has 1 aromatic carbocycles. The summed E-state index contributed by atoms with van der Waals surface area (Å²) >= 11 is 0. The Labute approximate surface area is 185 Å². The Hall–Kier alpha value is -2.16. The predicted octanol–water partition coefficient (Wildman–Crippen LogP) is 0.947. The molecule has 2 heterocycles. The van der Waals surface area contributed by atoms with Gasteiger partial charge in [0.05, 0.1) is 25.4 Å². The Bertz CT molecular complexity index is 746. The van der Waals surface area contributed by atoms with Gasteiger partial charge < -0.3 is 25.4 Å². The van der Waals surface area contributed by atoms with Crippen LogP contribution in [0.5, 0.6) is 0 Å². The van der Waals surface area contributed by atoms with E-state index in [0.717, 1.165) is 56.9 Å². The molecule has 0 aliphatic carbocycles.